The van der Waals surface area contributed by atoms with Gasteiger partial charge in [0.15, 0.2) is 6.20 Å². The summed E-state index contributed by atoms with van der Waals surface area (Å²) in [5.41, 5.74) is 2.19. The minimum absolute atomic E-state index is 0.759. The highest BCUT2D eigenvalue weighted by molar-refractivity contribution is 6.30. The molecule has 1 aromatic carbocycles. The molecule has 2 rings (SSSR count). The zero-order chi connectivity index (χ0) is 8.39. The summed E-state index contributed by atoms with van der Waals surface area (Å²) in [5.74, 6) is 0. The van der Waals surface area contributed by atoms with Gasteiger partial charge in [-0.25, -0.2) is 0 Å². The Bertz CT molecular complexity index is 351. The molecule has 2 nitrogen and oxygen atoms in total. The van der Waals surface area contributed by atoms with Crippen LogP contribution in [-0.4, -0.2) is 5.10 Å². The van der Waals surface area contributed by atoms with E-state index in [-0.39, 0.29) is 0 Å². The molecule has 0 saturated carbocycles. The lowest BCUT2D eigenvalue weighted by atomic mass is 10.2. The molecular formula is C9H8ClN2+. The van der Waals surface area contributed by atoms with Crippen LogP contribution in [0.4, 0.5) is 0 Å². The van der Waals surface area contributed by atoms with Gasteiger partial charge in [0.05, 0.1) is 0 Å². The van der Waals surface area contributed by atoms with Crippen LogP contribution in [-0.2, 0) is 0 Å². The van der Waals surface area contributed by atoms with E-state index in [9.17, 15) is 0 Å². The molecule has 0 unspecified atom stereocenters. The van der Waals surface area contributed by atoms with Gasteiger partial charge >= 0.3 is 0 Å². The molecule has 1 heterocycles. The average molecular weight is 180 g/mol. The molecule has 0 aliphatic rings. The Labute approximate surface area is 75.2 Å². The predicted octanol–water partition coefficient (Wildman–Crippen LogP) is 2.15. The lowest BCUT2D eigenvalue weighted by Crippen LogP contribution is -1.98. The fourth-order valence-corrected chi connectivity index (χ4v) is 1.21. The number of halogens is 1. The summed E-state index contributed by atoms with van der Waals surface area (Å²) in [6.07, 6.45) is 1.85. The number of H-pyrrole nitrogens is 2. The van der Waals surface area contributed by atoms with Crippen molar-refractivity contribution in [1.29, 1.82) is 0 Å². The molecule has 0 bridgehead atoms. The standard InChI is InChI=1S/C9H7ClN2/c10-8-3-1-7(2-4-8)9-5-6-11-12-9/h1-6H,(H,11,12)/p+1. The number of hydrogen-bond donors (Lipinski definition) is 1. The van der Waals surface area contributed by atoms with Crippen molar-refractivity contribution in [2.75, 3.05) is 0 Å². The van der Waals surface area contributed by atoms with Gasteiger partial charge < -0.3 is 0 Å². The topological polar surface area (TPSA) is 29.9 Å². The number of nitrogens with one attached hydrogen (secondary N) is 2. The summed E-state index contributed by atoms with van der Waals surface area (Å²) in [4.78, 5) is 0. The molecule has 60 valence electrons. The molecule has 3 heteroatoms. The maximum Gasteiger partial charge on any atom is 0.193 e. The van der Waals surface area contributed by atoms with Crippen molar-refractivity contribution in [3.63, 3.8) is 0 Å². The summed E-state index contributed by atoms with van der Waals surface area (Å²) in [5, 5.41) is 6.65. The fraction of sp³-hybridized carbons (Fsp3) is 0. The molecule has 0 aliphatic carbocycles. The molecule has 0 spiro atoms. The zero-order valence-electron chi connectivity index (χ0n) is 6.34. The number of benzene rings is 1. The Morgan fingerprint density at radius 2 is 1.83 bits per heavy atom. The summed E-state index contributed by atoms with van der Waals surface area (Å²) in [6.45, 7) is 0. The third-order valence-electron chi connectivity index (χ3n) is 1.70. The smallest absolute Gasteiger partial charge is 0.167 e. The van der Waals surface area contributed by atoms with Gasteiger partial charge in [0.1, 0.15) is 5.69 Å². The molecule has 0 atom stereocenters. The Hall–Kier alpha value is -1.28. The zero-order valence-corrected chi connectivity index (χ0v) is 7.10. The number of rotatable bonds is 1. The highest BCUT2D eigenvalue weighted by atomic mass is 35.5. The maximum absolute atomic E-state index is 5.76. The minimum Gasteiger partial charge on any atom is -0.167 e. The molecule has 0 fully saturated rings. The molecular weight excluding hydrogens is 172 g/mol. The number of hydrogen-bond acceptors (Lipinski definition) is 0. The first-order chi connectivity index (χ1) is 5.86. The second-order valence-corrected chi connectivity index (χ2v) is 2.96. The Morgan fingerprint density at radius 1 is 1.08 bits per heavy atom. The van der Waals surface area contributed by atoms with Crippen LogP contribution in [0.2, 0.25) is 5.02 Å². The SMILES string of the molecule is Clc1ccc(-c2cc[nH+][nH]2)cc1. The van der Waals surface area contributed by atoms with Crippen LogP contribution in [0.1, 0.15) is 0 Å². The summed E-state index contributed by atoms with van der Waals surface area (Å²) in [7, 11) is 0. The van der Waals surface area contributed by atoms with Crippen LogP contribution < -0.4 is 5.10 Å². The predicted molar refractivity (Wildman–Crippen MR) is 47.8 cm³/mol. The van der Waals surface area contributed by atoms with Crippen molar-refractivity contribution in [2.24, 2.45) is 0 Å². The van der Waals surface area contributed by atoms with Crippen molar-refractivity contribution in [2.45, 2.75) is 0 Å². The number of aromatic amines is 2. The second-order valence-electron chi connectivity index (χ2n) is 2.52. The van der Waals surface area contributed by atoms with Crippen molar-refractivity contribution in [1.82, 2.24) is 5.10 Å². The largest absolute Gasteiger partial charge is 0.193 e. The van der Waals surface area contributed by atoms with E-state index in [2.05, 4.69) is 10.2 Å². The van der Waals surface area contributed by atoms with Crippen LogP contribution in [0, 0.1) is 0 Å². The first-order valence-corrected chi connectivity index (χ1v) is 4.05. The second kappa shape index (κ2) is 2.99. The molecule has 2 aromatic rings. The molecule has 0 aliphatic heterocycles. The van der Waals surface area contributed by atoms with E-state index < -0.39 is 0 Å². The number of aromatic nitrogens is 2. The molecule has 12 heavy (non-hydrogen) atoms. The van der Waals surface area contributed by atoms with Crippen molar-refractivity contribution >= 4 is 11.6 Å². The van der Waals surface area contributed by atoms with Crippen molar-refractivity contribution in [3.05, 3.63) is 41.6 Å². The first kappa shape index (κ1) is 7.37. The normalized spacial score (nSPS) is 10.1. The highest BCUT2D eigenvalue weighted by Crippen LogP contribution is 2.17. The molecule has 0 saturated heterocycles. The van der Waals surface area contributed by atoms with Crippen LogP contribution in [0.25, 0.3) is 11.3 Å². The van der Waals surface area contributed by atoms with E-state index in [0.717, 1.165) is 16.3 Å². The van der Waals surface area contributed by atoms with Gasteiger partial charge in [0.25, 0.3) is 0 Å². The van der Waals surface area contributed by atoms with Gasteiger partial charge in [0, 0.05) is 16.7 Å². The fourth-order valence-electron chi connectivity index (χ4n) is 1.08. The van der Waals surface area contributed by atoms with Gasteiger partial charge in [-0.3, -0.25) is 0 Å². The van der Waals surface area contributed by atoms with Gasteiger partial charge in [-0.2, -0.15) is 5.10 Å². The van der Waals surface area contributed by atoms with Gasteiger partial charge in [-0.05, 0) is 12.1 Å². The van der Waals surface area contributed by atoms with E-state index in [1.54, 1.807) is 0 Å². The lowest BCUT2D eigenvalue weighted by Gasteiger charge is -1.93. The van der Waals surface area contributed by atoms with Crippen LogP contribution >= 0.6 is 11.6 Å². The lowest BCUT2D eigenvalue weighted by molar-refractivity contribution is -0.448. The van der Waals surface area contributed by atoms with E-state index in [1.165, 1.54) is 0 Å². The Balaban J connectivity index is 2.43. The Kier molecular flexibility index (Phi) is 1.84. The van der Waals surface area contributed by atoms with Crippen LogP contribution in [0.5, 0.6) is 0 Å². The summed E-state index contributed by atoms with van der Waals surface area (Å²) < 4.78 is 0. The van der Waals surface area contributed by atoms with Gasteiger partial charge in [-0.15, -0.1) is 5.10 Å². The first-order valence-electron chi connectivity index (χ1n) is 3.67. The highest BCUT2D eigenvalue weighted by Gasteiger charge is 1.99. The third kappa shape index (κ3) is 1.34. The van der Waals surface area contributed by atoms with Crippen LogP contribution in [0.3, 0.4) is 0 Å². The van der Waals surface area contributed by atoms with Crippen molar-refractivity contribution in [3.8, 4) is 11.3 Å². The van der Waals surface area contributed by atoms with Crippen LogP contribution in [0.15, 0.2) is 36.5 Å². The maximum atomic E-state index is 5.76. The molecule has 2 N–H and O–H groups in total. The van der Waals surface area contributed by atoms with Gasteiger partial charge in [0.2, 0.25) is 0 Å². The quantitative estimate of drug-likeness (QED) is 0.696. The summed E-state index contributed by atoms with van der Waals surface area (Å²) >= 11 is 5.76. The third-order valence-corrected chi connectivity index (χ3v) is 1.95. The van der Waals surface area contributed by atoms with E-state index in [0.29, 0.717) is 0 Å². The Morgan fingerprint density at radius 3 is 2.42 bits per heavy atom. The van der Waals surface area contributed by atoms with Gasteiger partial charge in [-0.1, -0.05) is 23.7 Å². The minimum atomic E-state index is 0.759. The monoisotopic (exact) mass is 179 g/mol. The van der Waals surface area contributed by atoms with E-state index >= 15 is 0 Å². The average Bonchev–Trinajstić information content (AvgIpc) is 2.58. The summed E-state index contributed by atoms with van der Waals surface area (Å²) in [6, 6.07) is 9.67. The molecule has 1 aromatic heterocycles. The van der Waals surface area contributed by atoms with E-state index in [4.69, 9.17) is 11.6 Å². The molecule has 0 radical (unpaired) electrons. The van der Waals surface area contributed by atoms with Crippen molar-refractivity contribution < 1.29 is 5.10 Å². The molecule has 0 amide bonds. The van der Waals surface area contributed by atoms with E-state index in [1.807, 2.05) is 36.5 Å².